The summed E-state index contributed by atoms with van der Waals surface area (Å²) in [6.07, 6.45) is 1.98. The van der Waals surface area contributed by atoms with Crippen molar-refractivity contribution in [3.63, 3.8) is 0 Å². The monoisotopic (exact) mass is 308 g/mol. The number of benzene rings is 1. The summed E-state index contributed by atoms with van der Waals surface area (Å²) >= 11 is 1.61. The molecule has 0 saturated carbocycles. The number of nitrogens with one attached hydrogen (secondary N) is 1. The third-order valence-corrected chi connectivity index (χ3v) is 5.25. The number of fused-ring (bicyclic) bond motifs is 1. The lowest BCUT2D eigenvalue weighted by Crippen LogP contribution is -2.25. The maximum atomic E-state index is 12.2. The molecule has 20 heavy (non-hydrogen) atoms. The second kappa shape index (κ2) is 5.35. The molecule has 5 nitrogen and oxygen atoms in total. The van der Waals surface area contributed by atoms with Gasteiger partial charge < -0.3 is 4.42 Å². The van der Waals surface area contributed by atoms with Crippen molar-refractivity contribution < 1.29 is 12.8 Å². The molecule has 2 aromatic heterocycles. The van der Waals surface area contributed by atoms with Gasteiger partial charge in [0.15, 0.2) is 12.0 Å². The lowest BCUT2D eigenvalue weighted by atomic mass is 10.3. The van der Waals surface area contributed by atoms with E-state index in [9.17, 15) is 8.42 Å². The van der Waals surface area contributed by atoms with E-state index in [1.807, 2.05) is 17.5 Å². The number of aromatic nitrogens is 1. The standard InChI is InChI=1S/C13H12N2O3S2/c16-20(17,15-6-5-10-2-1-7-19-10)11-3-4-12-13(8-11)18-9-14-12/h1-4,7-9,15H,5-6H2. The zero-order valence-electron chi connectivity index (χ0n) is 10.4. The lowest BCUT2D eigenvalue weighted by Gasteiger charge is -2.05. The van der Waals surface area contributed by atoms with Crippen LogP contribution in [0.2, 0.25) is 0 Å². The molecule has 0 fully saturated rings. The van der Waals surface area contributed by atoms with Gasteiger partial charge in [0.25, 0.3) is 0 Å². The molecule has 0 unspecified atom stereocenters. The van der Waals surface area contributed by atoms with Gasteiger partial charge in [0, 0.05) is 17.5 Å². The zero-order valence-corrected chi connectivity index (χ0v) is 12.1. The number of thiophene rings is 1. The topological polar surface area (TPSA) is 72.2 Å². The van der Waals surface area contributed by atoms with Gasteiger partial charge in [-0.1, -0.05) is 6.07 Å². The van der Waals surface area contributed by atoms with Gasteiger partial charge in [-0.3, -0.25) is 0 Å². The van der Waals surface area contributed by atoms with Crippen LogP contribution in [-0.4, -0.2) is 19.9 Å². The van der Waals surface area contributed by atoms with Crippen LogP contribution in [0.15, 0.2) is 51.4 Å². The first-order valence-electron chi connectivity index (χ1n) is 6.00. The largest absolute Gasteiger partial charge is 0.443 e. The molecule has 0 amide bonds. The quantitative estimate of drug-likeness (QED) is 0.785. The SMILES string of the molecule is O=S(=O)(NCCc1cccs1)c1ccc2ncoc2c1. The van der Waals surface area contributed by atoms with E-state index in [0.29, 0.717) is 24.1 Å². The fraction of sp³-hybridized carbons (Fsp3) is 0.154. The number of oxazole rings is 1. The highest BCUT2D eigenvalue weighted by molar-refractivity contribution is 7.89. The Morgan fingerprint density at radius 2 is 2.20 bits per heavy atom. The number of sulfonamides is 1. The normalized spacial score (nSPS) is 12.0. The number of hydrogen-bond acceptors (Lipinski definition) is 5. The molecule has 1 N–H and O–H groups in total. The molecule has 1 aromatic carbocycles. The first kappa shape index (κ1) is 13.3. The molecule has 0 atom stereocenters. The van der Waals surface area contributed by atoms with E-state index in [4.69, 9.17) is 4.42 Å². The smallest absolute Gasteiger partial charge is 0.240 e. The first-order chi connectivity index (χ1) is 9.65. The molecule has 0 bridgehead atoms. The predicted octanol–water partition coefficient (Wildman–Crippen LogP) is 2.41. The van der Waals surface area contributed by atoms with Crippen LogP contribution in [0, 0.1) is 0 Å². The van der Waals surface area contributed by atoms with E-state index in [0.717, 1.165) is 4.88 Å². The van der Waals surface area contributed by atoms with Crippen molar-refractivity contribution in [1.29, 1.82) is 0 Å². The molecule has 0 aliphatic carbocycles. The van der Waals surface area contributed by atoms with Gasteiger partial charge in [0.2, 0.25) is 10.0 Å². The maximum absolute atomic E-state index is 12.2. The van der Waals surface area contributed by atoms with Gasteiger partial charge in [-0.2, -0.15) is 0 Å². The molecule has 0 saturated heterocycles. The Kier molecular flexibility index (Phi) is 3.56. The van der Waals surface area contributed by atoms with Crippen molar-refractivity contribution in [3.05, 3.63) is 47.0 Å². The summed E-state index contributed by atoms with van der Waals surface area (Å²) in [7, 11) is -3.52. The van der Waals surface area contributed by atoms with E-state index in [1.165, 1.54) is 18.5 Å². The molecule has 0 spiro atoms. The van der Waals surface area contributed by atoms with Crippen LogP contribution >= 0.6 is 11.3 Å². The van der Waals surface area contributed by atoms with Crippen LogP contribution in [0.1, 0.15) is 4.88 Å². The van der Waals surface area contributed by atoms with Crippen LogP contribution in [0.3, 0.4) is 0 Å². The molecule has 0 aliphatic rings. The predicted molar refractivity (Wildman–Crippen MR) is 77.2 cm³/mol. The van der Waals surface area contributed by atoms with Crippen LogP contribution in [-0.2, 0) is 16.4 Å². The molecule has 0 radical (unpaired) electrons. The fourth-order valence-corrected chi connectivity index (χ4v) is 3.61. The van der Waals surface area contributed by atoms with E-state index in [-0.39, 0.29) is 4.90 Å². The van der Waals surface area contributed by atoms with Gasteiger partial charge in [0.05, 0.1) is 4.90 Å². The van der Waals surface area contributed by atoms with Gasteiger partial charge in [-0.25, -0.2) is 18.1 Å². The van der Waals surface area contributed by atoms with E-state index in [1.54, 1.807) is 17.4 Å². The zero-order chi connectivity index (χ0) is 14.0. The Hall–Kier alpha value is -1.70. The second-order valence-corrected chi connectivity index (χ2v) is 7.01. The van der Waals surface area contributed by atoms with E-state index < -0.39 is 10.0 Å². The summed E-state index contributed by atoms with van der Waals surface area (Å²) in [6, 6.07) is 8.58. The molecular weight excluding hydrogens is 296 g/mol. The lowest BCUT2D eigenvalue weighted by molar-refractivity contribution is 0.580. The number of rotatable bonds is 5. The Labute approximate surface area is 120 Å². The highest BCUT2D eigenvalue weighted by atomic mass is 32.2. The third kappa shape index (κ3) is 2.74. The van der Waals surface area contributed by atoms with Crippen LogP contribution in [0.25, 0.3) is 11.1 Å². The van der Waals surface area contributed by atoms with Crippen molar-refractivity contribution >= 4 is 32.5 Å². The highest BCUT2D eigenvalue weighted by Crippen LogP contribution is 2.18. The molecule has 104 valence electrons. The molecule has 3 aromatic rings. The minimum absolute atomic E-state index is 0.188. The number of hydrogen-bond donors (Lipinski definition) is 1. The van der Waals surface area contributed by atoms with Crippen LogP contribution < -0.4 is 4.72 Å². The summed E-state index contributed by atoms with van der Waals surface area (Å²) < 4.78 is 32.0. The van der Waals surface area contributed by atoms with Gasteiger partial charge >= 0.3 is 0 Å². The summed E-state index contributed by atoms with van der Waals surface area (Å²) in [4.78, 5) is 5.30. The summed E-state index contributed by atoms with van der Waals surface area (Å²) in [5.74, 6) is 0. The van der Waals surface area contributed by atoms with Gasteiger partial charge in [-0.05, 0) is 30.0 Å². The van der Waals surface area contributed by atoms with Crippen molar-refractivity contribution in [2.75, 3.05) is 6.54 Å². The van der Waals surface area contributed by atoms with Crippen molar-refractivity contribution in [2.45, 2.75) is 11.3 Å². The minimum atomic E-state index is -3.52. The Balaban J connectivity index is 1.73. The van der Waals surface area contributed by atoms with Crippen LogP contribution in [0.5, 0.6) is 0 Å². The minimum Gasteiger partial charge on any atom is -0.443 e. The van der Waals surface area contributed by atoms with E-state index >= 15 is 0 Å². The van der Waals surface area contributed by atoms with E-state index in [2.05, 4.69) is 9.71 Å². The molecule has 3 rings (SSSR count). The van der Waals surface area contributed by atoms with Gasteiger partial charge in [0.1, 0.15) is 5.52 Å². The van der Waals surface area contributed by atoms with Crippen molar-refractivity contribution in [1.82, 2.24) is 9.71 Å². The Morgan fingerprint density at radius 3 is 3.00 bits per heavy atom. The summed E-state index contributed by atoms with van der Waals surface area (Å²) in [6.45, 7) is 0.372. The average Bonchev–Trinajstić information content (AvgIpc) is 3.08. The highest BCUT2D eigenvalue weighted by Gasteiger charge is 2.15. The Bertz CT molecular complexity index is 807. The fourth-order valence-electron chi connectivity index (χ4n) is 1.85. The van der Waals surface area contributed by atoms with Crippen molar-refractivity contribution in [3.8, 4) is 0 Å². The summed E-state index contributed by atoms with van der Waals surface area (Å²) in [5, 5.41) is 1.97. The maximum Gasteiger partial charge on any atom is 0.240 e. The molecule has 7 heteroatoms. The number of nitrogens with zero attached hydrogens (tertiary/aromatic N) is 1. The molecular formula is C13H12N2O3S2. The van der Waals surface area contributed by atoms with Crippen molar-refractivity contribution in [2.24, 2.45) is 0 Å². The van der Waals surface area contributed by atoms with Gasteiger partial charge in [-0.15, -0.1) is 11.3 Å². The average molecular weight is 308 g/mol. The van der Waals surface area contributed by atoms with Crippen LogP contribution in [0.4, 0.5) is 0 Å². The molecule has 2 heterocycles. The Morgan fingerprint density at radius 1 is 1.30 bits per heavy atom. The third-order valence-electron chi connectivity index (χ3n) is 2.86. The molecule has 0 aliphatic heterocycles. The summed E-state index contributed by atoms with van der Waals surface area (Å²) in [5.41, 5.74) is 1.11. The second-order valence-electron chi connectivity index (χ2n) is 4.21. The first-order valence-corrected chi connectivity index (χ1v) is 8.37.